The molecule has 0 saturated heterocycles. The fourth-order valence-electron chi connectivity index (χ4n) is 2.34. The average Bonchev–Trinajstić information content (AvgIpc) is 2.48. The molecule has 0 aromatic heterocycles. The molecular weight excluding hydrogens is 292 g/mol. The molecule has 1 aromatic carbocycles. The Labute approximate surface area is 127 Å². The summed E-state index contributed by atoms with van der Waals surface area (Å²) in [6, 6.07) is 5.96. The second-order valence-corrected chi connectivity index (χ2v) is 6.11. The zero-order chi connectivity index (χ0) is 15.2. The van der Waals surface area contributed by atoms with Crippen LogP contribution in [0.4, 0.5) is 5.69 Å². The largest absolute Gasteiger partial charge is 0.391 e. The van der Waals surface area contributed by atoms with E-state index in [0.717, 1.165) is 30.6 Å². The van der Waals surface area contributed by atoms with Gasteiger partial charge in [-0.05, 0) is 25.0 Å². The van der Waals surface area contributed by atoms with Crippen LogP contribution in [0.3, 0.4) is 0 Å². The molecule has 1 aromatic rings. The lowest BCUT2D eigenvalue weighted by molar-refractivity contribution is -0.384. The Balaban J connectivity index is 1.79. The van der Waals surface area contributed by atoms with E-state index in [1.807, 2.05) is 0 Å². The first-order valence-electron chi connectivity index (χ1n) is 6.91. The number of aliphatic hydroxyl groups excluding tert-OH is 1. The topological polar surface area (TPSA) is 92.5 Å². The van der Waals surface area contributed by atoms with Crippen LogP contribution in [0, 0.1) is 10.1 Å². The number of carbonyl (C=O) groups excluding carboxylic acids is 1. The lowest BCUT2D eigenvalue weighted by Gasteiger charge is -2.28. The highest BCUT2D eigenvalue weighted by Crippen LogP contribution is 2.22. The molecule has 1 saturated carbocycles. The minimum atomic E-state index is -0.453. The smallest absolute Gasteiger partial charge is 0.269 e. The van der Waals surface area contributed by atoms with Gasteiger partial charge in [0, 0.05) is 17.0 Å². The molecule has 0 unspecified atom stereocenters. The normalized spacial score (nSPS) is 21.8. The quantitative estimate of drug-likeness (QED) is 0.493. The number of aliphatic hydroxyl groups is 1. The zero-order valence-electron chi connectivity index (χ0n) is 11.5. The highest BCUT2D eigenvalue weighted by atomic mass is 32.2. The highest BCUT2D eigenvalue weighted by molar-refractivity contribution is 8.00. The first kappa shape index (κ1) is 15.8. The van der Waals surface area contributed by atoms with Crippen molar-refractivity contribution in [2.45, 2.75) is 42.7 Å². The van der Waals surface area contributed by atoms with Crippen LogP contribution in [0.1, 0.15) is 25.7 Å². The molecule has 0 radical (unpaired) electrons. The number of amides is 1. The second kappa shape index (κ2) is 7.42. The zero-order valence-corrected chi connectivity index (χ0v) is 12.3. The SMILES string of the molecule is O=C(CSc1ccc([N+](=O)[O-])cc1)N[C@H]1CCCC[C@@H]1O. The van der Waals surface area contributed by atoms with Crippen LogP contribution in [-0.4, -0.2) is 33.8 Å². The monoisotopic (exact) mass is 310 g/mol. The van der Waals surface area contributed by atoms with E-state index in [0.29, 0.717) is 0 Å². The first-order chi connectivity index (χ1) is 10.1. The van der Waals surface area contributed by atoms with Gasteiger partial charge in [0.15, 0.2) is 0 Å². The molecule has 7 heteroatoms. The maximum absolute atomic E-state index is 11.9. The van der Waals surface area contributed by atoms with Gasteiger partial charge in [-0.1, -0.05) is 12.8 Å². The number of nitro benzene ring substituents is 1. The number of rotatable bonds is 5. The summed E-state index contributed by atoms with van der Waals surface area (Å²) in [5, 5.41) is 23.2. The van der Waals surface area contributed by atoms with Gasteiger partial charge in [-0.15, -0.1) is 11.8 Å². The molecule has 1 aliphatic carbocycles. The highest BCUT2D eigenvalue weighted by Gasteiger charge is 2.24. The molecule has 1 fully saturated rings. The van der Waals surface area contributed by atoms with E-state index in [4.69, 9.17) is 0 Å². The predicted octanol–water partition coefficient (Wildman–Crippen LogP) is 2.11. The molecule has 2 N–H and O–H groups in total. The Bertz CT molecular complexity index is 506. The van der Waals surface area contributed by atoms with E-state index in [2.05, 4.69) is 5.32 Å². The van der Waals surface area contributed by atoms with E-state index in [9.17, 15) is 20.0 Å². The maximum Gasteiger partial charge on any atom is 0.269 e. The lowest BCUT2D eigenvalue weighted by Crippen LogP contribution is -2.45. The van der Waals surface area contributed by atoms with E-state index >= 15 is 0 Å². The third-order valence-electron chi connectivity index (χ3n) is 3.49. The molecular formula is C14H18N2O4S. The fourth-order valence-corrected chi connectivity index (χ4v) is 3.05. The van der Waals surface area contributed by atoms with E-state index in [-0.39, 0.29) is 23.4 Å². The number of thioether (sulfide) groups is 1. The van der Waals surface area contributed by atoms with Gasteiger partial charge in [0.25, 0.3) is 5.69 Å². The van der Waals surface area contributed by atoms with Crippen LogP contribution in [-0.2, 0) is 4.79 Å². The van der Waals surface area contributed by atoms with Gasteiger partial charge in [-0.25, -0.2) is 0 Å². The van der Waals surface area contributed by atoms with Crippen LogP contribution in [0.2, 0.25) is 0 Å². The van der Waals surface area contributed by atoms with Crippen LogP contribution in [0.5, 0.6) is 0 Å². The molecule has 2 rings (SSSR count). The lowest BCUT2D eigenvalue weighted by atomic mass is 9.93. The summed E-state index contributed by atoms with van der Waals surface area (Å²) >= 11 is 1.32. The van der Waals surface area contributed by atoms with Crippen LogP contribution >= 0.6 is 11.8 Å². The standard InChI is InChI=1S/C14H18N2O4S/c17-13-4-2-1-3-12(13)15-14(18)9-21-11-7-5-10(6-8-11)16(19)20/h5-8,12-13,17H,1-4,9H2,(H,15,18)/t12-,13-/m0/s1. The number of hydrogen-bond acceptors (Lipinski definition) is 5. The van der Waals surface area contributed by atoms with E-state index in [1.165, 1.54) is 23.9 Å². The molecule has 0 aliphatic heterocycles. The van der Waals surface area contributed by atoms with Crippen molar-refractivity contribution in [3.8, 4) is 0 Å². The Kier molecular flexibility index (Phi) is 5.58. The Morgan fingerprint density at radius 3 is 2.62 bits per heavy atom. The van der Waals surface area contributed by atoms with Gasteiger partial charge in [0.1, 0.15) is 0 Å². The van der Waals surface area contributed by atoms with Crippen LogP contribution in [0.25, 0.3) is 0 Å². The summed E-state index contributed by atoms with van der Waals surface area (Å²) in [6.45, 7) is 0. The maximum atomic E-state index is 11.9. The summed E-state index contributed by atoms with van der Waals surface area (Å²) in [5.74, 6) is 0.116. The van der Waals surface area contributed by atoms with Crippen molar-refractivity contribution in [2.75, 3.05) is 5.75 Å². The number of hydrogen-bond donors (Lipinski definition) is 2. The summed E-state index contributed by atoms with van der Waals surface area (Å²) in [7, 11) is 0. The first-order valence-corrected chi connectivity index (χ1v) is 7.89. The predicted molar refractivity (Wildman–Crippen MR) is 80.2 cm³/mol. The van der Waals surface area contributed by atoms with Crippen molar-refractivity contribution in [3.05, 3.63) is 34.4 Å². The molecule has 2 atom stereocenters. The summed E-state index contributed by atoms with van der Waals surface area (Å²) in [4.78, 5) is 22.7. The number of nitrogens with one attached hydrogen (secondary N) is 1. The molecule has 0 bridgehead atoms. The number of non-ortho nitro benzene ring substituents is 1. The van der Waals surface area contributed by atoms with E-state index < -0.39 is 11.0 Å². The molecule has 21 heavy (non-hydrogen) atoms. The third kappa shape index (κ3) is 4.71. The van der Waals surface area contributed by atoms with Crippen molar-refractivity contribution < 1.29 is 14.8 Å². The average molecular weight is 310 g/mol. The van der Waals surface area contributed by atoms with Gasteiger partial charge in [-0.2, -0.15) is 0 Å². The fraction of sp³-hybridized carbons (Fsp3) is 0.500. The molecule has 114 valence electrons. The van der Waals surface area contributed by atoms with Gasteiger partial charge in [0.2, 0.25) is 5.91 Å². The molecule has 0 spiro atoms. The van der Waals surface area contributed by atoms with Gasteiger partial charge < -0.3 is 10.4 Å². The van der Waals surface area contributed by atoms with Crippen molar-refractivity contribution in [3.63, 3.8) is 0 Å². The summed E-state index contributed by atoms with van der Waals surface area (Å²) in [5.41, 5.74) is 0.0362. The van der Waals surface area contributed by atoms with Crippen molar-refractivity contribution >= 4 is 23.4 Å². The minimum Gasteiger partial charge on any atom is -0.391 e. The summed E-state index contributed by atoms with van der Waals surface area (Å²) in [6.07, 6.45) is 3.13. The van der Waals surface area contributed by atoms with Gasteiger partial charge in [0.05, 0.1) is 22.8 Å². The number of carbonyl (C=O) groups is 1. The molecule has 0 heterocycles. The van der Waals surface area contributed by atoms with Gasteiger partial charge >= 0.3 is 0 Å². The number of nitrogens with zero attached hydrogens (tertiary/aromatic N) is 1. The van der Waals surface area contributed by atoms with Crippen LogP contribution in [0.15, 0.2) is 29.2 Å². The van der Waals surface area contributed by atoms with Crippen LogP contribution < -0.4 is 5.32 Å². The second-order valence-electron chi connectivity index (χ2n) is 5.07. The molecule has 1 amide bonds. The van der Waals surface area contributed by atoms with Crippen molar-refractivity contribution in [1.29, 1.82) is 0 Å². The Morgan fingerprint density at radius 1 is 1.33 bits per heavy atom. The van der Waals surface area contributed by atoms with E-state index in [1.54, 1.807) is 12.1 Å². The number of nitro groups is 1. The van der Waals surface area contributed by atoms with Crippen molar-refractivity contribution in [2.24, 2.45) is 0 Å². The molecule has 6 nitrogen and oxygen atoms in total. The number of benzene rings is 1. The third-order valence-corrected chi connectivity index (χ3v) is 4.51. The van der Waals surface area contributed by atoms with Gasteiger partial charge in [-0.3, -0.25) is 14.9 Å². The van der Waals surface area contributed by atoms with Crippen molar-refractivity contribution in [1.82, 2.24) is 5.32 Å². The Hall–Kier alpha value is -1.60. The minimum absolute atomic E-state index is 0.0362. The Morgan fingerprint density at radius 2 is 2.00 bits per heavy atom. The molecule has 1 aliphatic rings. The summed E-state index contributed by atoms with van der Waals surface area (Å²) < 4.78 is 0.